The lowest BCUT2D eigenvalue weighted by Crippen LogP contribution is -2.40. The summed E-state index contributed by atoms with van der Waals surface area (Å²) in [6, 6.07) is 8.84. The molecule has 1 aromatic carbocycles. The fourth-order valence-corrected chi connectivity index (χ4v) is 2.00. The average molecular weight is 292 g/mol. The average Bonchev–Trinajstić information content (AvgIpc) is 2.49. The van der Waals surface area contributed by atoms with Crippen LogP contribution in [0.3, 0.4) is 0 Å². The van der Waals surface area contributed by atoms with Crippen LogP contribution in [0.4, 0.5) is 0 Å². The van der Waals surface area contributed by atoms with Crippen molar-refractivity contribution in [2.45, 2.75) is 32.4 Å². The van der Waals surface area contributed by atoms with Crippen LogP contribution in [0, 0.1) is 17.2 Å². The molecule has 1 rings (SSSR count). The minimum absolute atomic E-state index is 0.0124. The van der Waals surface area contributed by atoms with Crippen molar-refractivity contribution in [1.82, 2.24) is 5.32 Å². The molecule has 0 spiro atoms. The number of aliphatic hydroxyl groups is 2. The maximum Gasteiger partial charge on any atom is 0.120 e. The molecule has 0 radical (unpaired) electrons. The fourth-order valence-electron chi connectivity index (χ4n) is 2.00. The molecule has 1 aromatic rings. The second-order valence-electron chi connectivity index (χ2n) is 5.52. The van der Waals surface area contributed by atoms with Gasteiger partial charge in [0, 0.05) is 12.6 Å². The highest BCUT2D eigenvalue weighted by atomic mass is 16.5. The van der Waals surface area contributed by atoms with Gasteiger partial charge in [0.2, 0.25) is 0 Å². The molecule has 0 aliphatic heterocycles. The summed E-state index contributed by atoms with van der Waals surface area (Å²) in [5.74, 6) is 1.05. The third-order valence-electron chi connectivity index (χ3n) is 3.02. The molecule has 5 nitrogen and oxygen atoms in total. The lowest BCUT2D eigenvalue weighted by molar-refractivity contribution is 0.0981. The second kappa shape index (κ2) is 9.35. The van der Waals surface area contributed by atoms with Crippen molar-refractivity contribution in [3.63, 3.8) is 0 Å². The van der Waals surface area contributed by atoms with Gasteiger partial charge >= 0.3 is 0 Å². The van der Waals surface area contributed by atoms with Crippen LogP contribution in [0.15, 0.2) is 24.3 Å². The summed E-state index contributed by atoms with van der Waals surface area (Å²) in [7, 11) is 0. The molecular formula is C16H24N2O3. The molecule has 0 fully saturated rings. The summed E-state index contributed by atoms with van der Waals surface area (Å²) in [5, 5.41) is 31.1. The maximum atomic E-state index is 9.88. The Morgan fingerprint density at radius 2 is 2.14 bits per heavy atom. The molecule has 0 aliphatic rings. The van der Waals surface area contributed by atoms with Crippen molar-refractivity contribution >= 4 is 0 Å². The second-order valence-corrected chi connectivity index (χ2v) is 5.52. The Balaban J connectivity index is 2.33. The van der Waals surface area contributed by atoms with Crippen molar-refractivity contribution < 1.29 is 14.9 Å². The third-order valence-corrected chi connectivity index (χ3v) is 3.02. The zero-order chi connectivity index (χ0) is 15.7. The molecule has 2 atom stereocenters. The van der Waals surface area contributed by atoms with E-state index in [9.17, 15) is 10.2 Å². The summed E-state index contributed by atoms with van der Waals surface area (Å²) < 4.78 is 5.45. The Bertz CT molecular complexity index is 457. The Labute approximate surface area is 126 Å². The van der Waals surface area contributed by atoms with Gasteiger partial charge in [-0.25, -0.2) is 0 Å². The Kier molecular flexibility index (Phi) is 7.76. The molecular weight excluding hydrogens is 268 g/mol. The quantitative estimate of drug-likeness (QED) is 0.638. The van der Waals surface area contributed by atoms with Crippen LogP contribution < -0.4 is 10.1 Å². The van der Waals surface area contributed by atoms with E-state index in [1.165, 1.54) is 0 Å². The Morgan fingerprint density at radius 3 is 2.76 bits per heavy atom. The van der Waals surface area contributed by atoms with E-state index in [0.717, 1.165) is 6.42 Å². The van der Waals surface area contributed by atoms with E-state index in [1.54, 1.807) is 24.3 Å². The number of hydrogen-bond acceptors (Lipinski definition) is 5. The van der Waals surface area contributed by atoms with Crippen LogP contribution in [-0.4, -0.2) is 42.1 Å². The number of hydrogen-bond donors (Lipinski definition) is 3. The zero-order valence-electron chi connectivity index (χ0n) is 12.6. The molecule has 0 aliphatic carbocycles. The first-order valence-electron chi connectivity index (χ1n) is 7.20. The number of rotatable bonds is 9. The summed E-state index contributed by atoms with van der Waals surface area (Å²) in [5.41, 5.74) is 0.525. The predicted octanol–water partition coefficient (Wildman–Crippen LogP) is 1.29. The van der Waals surface area contributed by atoms with Gasteiger partial charge in [0.1, 0.15) is 18.5 Å². The number of ether oxygens (including phenoxy) is 1. The number of nitriles is 1. The van der Waals surface area contributed by atoms with E-state index in [1.807, 2.05) is 6.07 Å². The number of nitrogens with one attached hydrogen (secondary N) is 1. The standard InChI is InChI=1S/C16H24N2O3/c1-12(2)6-14(10-19)18-9-15(20)11-21-16-5-3-4-13(7-16)8-17/h3-5,7,12,14-15,18-20H,6,9-11H2,1-2H3. The van der Waals surface area contributed by atoms with Gasteiger partial charge in [-0.1, -0.05) is 19.9 Å². The summed E-state index contributed by atoms with van der Waals surface area (Å²) in [4.78, 5) is 0. The molecule has 3 N–H and O–H groups in total. The van der Waals surface area contributed by atoms with E-state index in [2.05, 4.69) is 19.2 Å². The first-order chi connectivity index (χ1) is 10.0. The number of benzene rings is 1. The van der Waals surface area contributed by atoms with Crippen molar-refractivity contribution in [2.24, 2.45) is 5.92 Å². The molecule has 0 heterocycles. The van der Waals surface area contributed by atoms with Crippen LogP contribution in [0.1, 0.15) is 25.8 Å². The lowest BCUT2D eigenvalue weighted by Gasteiger charge is -2.20. The van der Waals surface area contributed by atoms with E-state index < -0.39 is 6.10 Å². The van der Waals surface area contributed by atoms with Crippen molar-refractivity contribution in [3.05, 3.63) is 29.8 Å². The van der Waals surface area contributed by atoms with E-state index in [-0.39, 0.29) is 19.3 Å². The van der Waals surface area contributed by atoms with Gasteiger partial charge in [-0.2, -0.15) is 5.26 Å². The molecule has 116 valence electrons. The van der Waals surface area contributed by atoms with Gasteiger partial charge in [0.15, 0.2) is 0 Å². The molecule has 21 heavy (non-hydrogen) atoms. The monoisotopic (exact) mass is 292 g/mol. The molecule has 0 bridgehead atoms. The van der Waals surface area contributed by atoms with E-state index >= 15 is 0 Å². The smallest absolute Gasteiger partial charge is 0.120 e. The number of aliphatic hydroxyl groups excluding tert-OH is 2. The van der Waals surface area contributed by atoms with Gasteiger partial charge in [0.25, 0.3) is 0 Å². The minimum atomic E-state index is -0.669. The van der Waals surface area contributed by atoms with E-state index in [0.29, 0.717) is 23.8 Å². The SMILES string of the molecule is CC(C)CC(CO)NCC(O)COc1cccc(C#N)c1. The third kappa shape index (κ3) is 7.09. The largest absolute Gasteiger partial charge is 0.491 e. The van der Waals surface area contributed by atoms with Gasteiger partial charge in [-0.3, -0.25) is 0 Å². The summed E-state index contributed by atoms with van der Waals surface area (Å²) in [6.45, 7) is 4.73. The molecule has 0 saturated heterocycles. The topological polar surface area (TPSA) is 85.5 Å². The molecule has 0 aromatic heterocycles. The summed E-state index contributed by atoms with van der Waals surface area (Å²) >= 11 is 0. The normalized spacial score (nSPS) is 13.7. The number of nitrogens with zero attached hydrogens (tertiary/aromatic N) is 1. The summed E-state index contributed by atoms with van der Waals surface area (Å²) in [6.07, 6.45) is 0.186. The van der Waals surface area contributed by atoms with Crippen LogP contribution in [0.2, 0.25) is 0 Å². The molecule has 5 heteroatoms. The van der Waals surface area contributed by atoms with Crippen molar-refractivity contribution in [1.29, 1.82) is 5.26 Å². The Hall–Kier alpha value is -1.61. The van der Waals surface area contributed by atoms with Gasteiger partial charge in [0.05, 0.1) is 18.2 Å². The van der Waals surface area contributed by atoms with Crippen molar-refractivity contribution in [2.75, 3.05) is 19.8 Å². The highest BCUT2D eigenvalue weighted by molar-refractivity contribution is 5.36. The highest BCUT2D eigenvalue weighted by Crippen LogP contribution is 2.12. The molecule has 0 amide bonds. The minimum Gasteiger partial charge on any atom is -0.491 e. The van der Waals surface area contributed by atoms with Gasteiger partial charge < -0.3 is 20.3 Å². The van der Waals surface area contributed by atoms with Gasteiger partial charge in [-0.15, -0.1) is 0 Å². The van der Waals surface area contributed by atoms with Crippen molar-refractivity contribution in [3.8, 4) is 11.8 Å². The van der Waals surface area contributed by atoms with Crippen LogP contribution >= 0.6 is 0 Å². The Morgan fingerprint density at radius 1 is 1.38 bits per heavy atom. The predicted molar refractivity (Wildman–Crippen MR) is 81.0 cm³/mol. The highest BCUT2D eigenvalue weighted by Gasteiger charge is 2.12. The first kappa shape index (κ1) is 17.4. The first-order valence-corrected chi connectivity index (χ1v) is 7.20. The van der Waals surface area contributed by atoms with Crippen LogP contribution in [0.5, 0.6) is 5.75 Å². The molecule has 2 unspecified atom stereocenters. The zero-order valence-corrected chi connectivity index (χ0v) is 12.6. The lowest BCUT2D eigenvalue weighted by atomic mass is 10.0. The fraction of sp³-hybridized carbons (Fsp3) is 0.562. The van der Waals surface area contributed by atoms with Gasteiger partial charge in [-0.05, 0) is 30.5 Å². The van der Waals surface area contributed by atoms with Crippen LogP contribution in [-0.2, 0) is 0 Å². The molecule has 0 saturated carbocycles. The maximum absolute atomic E-state index is 9.88. The van der Waals surface area contributed by atoms with Crippen LogP contribution in [0.25, 0.3) is 0 Å². The van der Waals surface area contributed by atoms with E-state index in [4.69, 9.17) is 10.00 Å².